The molecule has 0 saturated carbocycles. The summed E-state index contributed by atoms with van der Waals surface area (Å²) < 4.78 is 63.3. The Labute approximate surface area is 82.2 Å². The van der Waals surface area contributed by atoms with Gasteiger partial charge >= 0.3 is 6.18 Å². The monoisotopic (exact) mass is 237 g/mol. The number of thiocarbonyl (C=S) groups is 1. The summed E-state index contributed by atoms with van der Waals surface area (Å²) in [4.78, 5) is -0.813. The van der Waals surface area contributed by atoms with Crippen LogP contribution in [0, 0.1) is 5.92 Å². The summed E-state index contributed by atoms with van der Waals surface area (Å²) in [5, 5.41) is 0. The molecule has 84 valence electrons. The van der Waals surface area contributed by atoms with Crippen LogP contribution in [0.4, 0.5) is 22.0 Å². The van der Waals surface area contributed by atoms with Gasteiger partial charge in [0.1, 0.15) is 12.5 Å². The average molecular weight is 237 g/mol. The molecule has 8 heteroatoms. The van der Waals surface area contributed by atoms with Gasteiger partial charge in [0.2, 0.25) is 0 Å². The summed E-state index contributed by atoms with van der Waals surface area (Å²) in [5.41, 5.74) is 4.78. The first-order chi connectivity index (χ1) is 6.25. The number of halogens is 5. The Morgan fingerprint density at radius 1 is 1.29 bits per heavy atom. The third kappa shape index (κ3) is 5.28. The molecule has 0 bridgehead atoms. The number of hydrogen-bond donors (Lipinski definition) is 1. The topological polar surface area (TPSA) is 35.2 Å². The molecule has 0 aliphatic heterocycles. The van der Waals surface area contributed by atoms with Crippen LogP contribution >= 0.6 is 12.2 Å². The van der Waals surface area contributed by atoms with E-state index in [4.69, 9.17) is 5.73 Å². The zero-order chi connectivity index (χ0) is 11.4. The highest BCUT2D eigenvalue weighted by Crippen LogP contribution is 2.26. The van der Waals surface area contributed by atoms with Gasteiger partial charge in [0.15, 0.2) is 0 Å². The van der Waals surface area contributed by atoms with Gasteiger partial charge in [-0.3, -0.25) is 0 Å². The first-order valence-electron chi connectivity index (χ1n) is 3.47. The van der Waals surface area contributed by atoms with Gasteiger partial charge in [0.25, 0.3) is 6.43 Å². The van der Waals surface area contributed by atoms with Crippen molar-refractivity contribution >= 4 is 17.2 Å². The fourth-order valence-electron chi connectivity index (χ4n) is 0.613. The highest BCUT2D eigenvalue weighted by molar-refractivity contribution is 7.80. The van der Waals surface area contributed by atoms with E-state index in [0.29, 0.717) is 0 Å². The number of hydrogen-bond acceptors (Lipinski definition) is 2. The Balaban J connectivity index is 4.07. The first-order valence-corrected chi connectivity index (χ1v) is 3.88. The molecule has 2 nitrogen and oxygen atoms in total. The van der Waals surface area contributed by atoms with Crippen LogP contribution in [0.2, 0.25) is 0 Å². The van der Waals surface area contributed by atoms with Crippen molar-refractivity contribution in [2.24, 2.45) is 11.7 Å². The molecule has 0 rings (SSSR count). The second-order valence-corrected chi connectivity index (χ2v) is 2.90. The van der Waals surface area contributed by atoms with E-state index in [9.17, 15) is 22.0 Å². The van der Waals surface area contributed by atoms with Gasteiger partial charge in [0.05, 0.1) is 11.6 Å². The van der Waals surface area contributed by atoms with Crippen molar-refractivity contribution in [1.29, 1.82) is 0 Å². The summed E-state index contributed by atoms with van der Waals surface area (Å²) in [5.74, 6) is -2.17. The van der Waals surface area contributed by atoms with Crippen LogP contribution in [0.5, 0.6) is 0 Å². The minimum Gasteiger partial charge on any atom is -0.393 e. The Kier molecular flexibility index (Phi) is 5.21. The largest absolute Gasteiger partial charge is 0.400 e. The SMILES string of the molecule is NC(=S)C(COCC(F)F)C(F)(F)F. The lowest BCUT2D eigenvalue weighted by Crippen LogP contribution is -2.38. The lowest BCUT2D eigenvalue weighted by Gasteiger charge is -2.18. The minimum atomic E-state index is -4.66. The fraction of sp³-hybridized carbons (Fsp3) is 0.833. The minimum absolute atomic E-state index is 0.813. The number of nitrogens with two attached hydrogens (primary N) is 1. The predicted molar refractivity (Wildman–Crippen MR) is 43.2 cm³/mol. The lowest BCUT2D eigenvalue weighted by atomic mass is 10.1. The van der Waals surface area contributed by atoms with E-state index >= 15 is 0 Å². The van der Waals surface area contributed by atoms with Gasteiger partial charge in [0, 0.05) is 0 Å². The Morgan fingerprint density at radius 3 is 2.07 bits per heavy atom. The van der Waals surface area contributed by atoms with Gasteiger partial charge in [-0.15, -0.1) is 0 Å². The van der Waals surface area contributed by atoms with Gasteiger partial charge in [-0.2, -0.15) is 13.2 Å². The van der Waals surface area contributed by atoms with Crippen molar-refractivity contribution in [2.75, 3.05) is 13.2 Å². The van der Waals surface area contributed by atoms with Crippen molar-refractivity contribution in [3.8, 4) is 0 Å². The van der Waals surface area contributed by atoms with E-state index in [0.717, 1.165) is 0 Å². The summed E-state index contributed by atoms with van der Waals surface area (Å²) >= 11 is 4.13. The molecule has 0 aromatic carbocycles. The molecule has 0 spiro atoms. The fourth-order valence-corrected chi connectivity index (χ4v) is 0.815. The zero-order valence-electron chi connectivity index (χ0n) is 6.85. The van der Waals surface area contributed by atoms with Crippen LogP contribution < -0.4 is 5.73 Å². The van der Waals surface area contributed by atoms with Crippen molar-refractivity contribution < 1.29 is 26.7 Å². The molecule has 0 saturated heterocycles. The highest BCUT2D eigenvalue weighted by atomic mass is 32.1. The lowest BCUT2D eigenvalue weighted by molar-refractivity contribution is -0.170. The molecule has 0 aliphatic carbocycles. The maximum Gasteiger partial charge on any atom is 0.400 e. The summed E-state index contributed by atoms with van der Waals surface area (Å²) in [6.45, 7) is -2.03. The molecule has 0 amide bonds. The highest BCUT2D eigenvalue weighted by Gasteiger charge is 2.41. The Hall–Kier alpha value is -0.500. The van der Waals surface area contributed by atoms with E-state index < -0.39 is 36.7 Å². The Bertz CT molecular complexity index is 195. The zero-order valence-corrected chi connectivity index (χ0v) is 7.67. The molecule has 0 aromatic heterocycles. The van der Waals surface area contributed by atoms with Gasteiger partial charge in [-0.1, -0.05) is 12.2 Å². The van der Waals surface area contributed by atoms with Gasteiger partial charge < -0.3 is 10.5 Å². The smallest absolute Gasteiger partial charge is 0.393 e. The third-order valence-corrected chi connectivity index (χ3v) is 1.55. The number of rotatable bonds is 5. The molecule has 0 radical (unpaired) electrons. The molecular formula is C6H8F5NOS. The number of alkyl halides is 5. The molecule has 0 aromatic rings. The first kappa shape index (κ1) is 13.5. The molecule has 2 N–H and O–H groups in total. The molecule has 1 unspecified atom stereocenters. The van der Waals surface area contributed by atoms with Crippen molar-refractivity contribution in [1.82, 2.24) is 0 Å². The maximum atomic E-state index is 12.1. The molecular weight excluding hydrogens is 229 g/mol. The van der Waals surface area contributed by atoms with Gasteiger partial charge in [-0.05, 0) is 0 Å². The van der Waals surface area contributed by atoms with Gasteiger partial charge in [-0.25, -0.2) is 8.78 Å². The average Bonchev–Trinajstić information content (AvgIpc) is 1.94. The molecule has 0 heterocycles. The standard InChI is InChI=1S/C6H8F5NOS/c7-4(8)2-13-1-3(5(12)14)6(9,10)11/h3-4H,1-2H2,(H2,12,14). The number of ether oxygens (including phenoxy) is 1. The van der Waals surface area contributed by atoms with E-state index in [1.165, 1.54) is 0 Å². The van der Waals surface area contributed by atoms with Crippen LogP contribution in [0.1, 0.15) is 0 Å². The second-order valence-electron chi connectivity index (χ2n) is 2.43. The van der Waals surface area contributed by atoms with Crippen LogP contribution in [0.25, 0.3) is 0 Å². The van der Waals surface area contributed by atoms with E-state index in [1.54, 1.807) is 0 Å². The van der Waals surface area contributed by atoms with Crippen molar-refractivity contribution in [3.63, 3.8) is 0 Å². The normalized spacial score (nSPS) is 14.4. The van der Waals surface area contributed by atoms with E-state index in [2.05, 4.69) is 17.0 Å². The van der Waals surface area contributed by atoms with Crippen LogP contribution in [0.3, 0.4) is 0 Å². The van der Waals surface area contributed by atoms with E-state index in [1.807, 2.05) is 0 Å². The summed E-state index contributed by atoms with van der Waals surface area (Å²) in [7, 11) is 0. The van der Waals surface area contributed by atoms with Crippen LogP contribution in [-0.2, 0) is 4.74 Å². The third-order valence-electron chi connectivity index (χ3n) is 1.27. The van der Waals surface area contributed by atoms with E-state index in [-0.39, 0.29) is 0 Å². The summed E-state index contributed by atoms with van der Waals surface area (Å²) in [6.07, 6.45) is -7.47. The molecule has 0 fully saturated rings. The van der Waals surface area contributed by atoms with Crippen LogP contribution in [-0.4, -0.2) is 30.8 Å². The molecule has 0 aliphatic rings. The predicted octanol–water partition coefficient (Wildman–Crippen LogP) is 1.73. The molecule has 1 atom stereocenters. The Morgan fingerprint density at radius 2 is 1.79 bits per heavy atom. The second kappa shape index (κ2) is 5.40. The maximum absolute atomic E-state index is 12.1. The quantitative estimate of drug-likeness (QED) is 0.584. The van der Waals surface area contributed by atoms with Crippen LogP contribution in [0.15, 0.2) is 0 Å². The van der Waals surface area contributed by atoms with Crippen molar-refractivity contribution in [3.05, 3.63) is 0 Å². The summed E-state index contributed by atoms with van der Waals surface area (Å²) in [6, 6.07) is 0. The molecule has 14 heavy (non-hydrogen) atoms. The van der Waals surface area contributed by atoms with Crippen molar-refractivity contribution in [2.45, 2.75) is 12.6 Å².